The number of fused-ring (bicyclic) bond motifs is 1. The van der Waals surface area contributed by atoms with Gasteiger partial charge in [-0.25, -0.2) is 13.5 Å². The van der Waals surface area contributed by atoms with Crippen molar-refractivity contribution in [3.63, 3.8) is 0 Å². The fourth-order valence-corrected chi connectivity index (χ4v) is 10.9. The van der Waals surface area contributed by atoms with Crippen molar-refractivity contribution in [2.45, 2.75) is 52.7 Å². The van der Waals surface area contributed by atoms with Gasteiger partial charge in [0.15, 0.2) is 0 Å². The molecule has 2 atom stereocenters. The van der Waals surface area contributed by atoms with Gasteiger partial charge >= 0.3 is 0 Å². The zero-order valence-electron chi connectivity index (χ0n) is 28.0. The van der Waals surface area contributed by atoms with E-state index in [1.165, 1.54) is 4.31 Å². The van der Waals surface area contributed by atoms with Gasteiger partial charge < -0.3 is 4.90 Å². The number of hydrogen-bond acceptors (Lipinski definition) is 7. The van der Waals surface area contributed by atoms with Crippen molar-refractivity contribution in [3.05, 3.63) is 156 Å². The largest absolute Gasteiger partial charge is 0.338 e. The minimum absolute atomic E-state index is 0.0716. The maximum atomic E-state index is 14.8. The summed E-state index contributed by atoms with van der Waals surface area (Å²) in [5, 5.41) is 15.8. The van der Waals surface area contributed by atoms with Gasteiger partial charge in [-0.05, 0) is 69.3 Å². The topological polar surface area (TPSA) is 112 Å². The van der Waals surface area contributed by atoms with Gasteiger partial charge in [0, 0.05) is 30.8 Å². The van der Waals surface area contributed by atoms with Crippen molar-refractivity contribution in [1.82, 2.24) is 29.8 Å². The number of tetrazole rings is 1. The van der Waals surface area contributed by atoms with Gasteiger partial charge in [0.2, 0.25) is 15.9 Å². The fourth-order valence-electron chi connectivity index (χ4n) is 7.34. The van der Waals surface area contributed by atoms with E-state index in [4.69, 9.17) is 0 Å². The molecule has 11 heteroatoms. The lowest BCUT2D eigenvalue weighted by Crippen LogP contribution is -2.49. The highest BCUT2D eigenvalue weighted by atomic mass is 32.2. The minimum Gasteiger partial charge on any atom is -0.338 e. The molecule has 2 aliphatic rings. The molecule has 5 aromatic carbocycles. The number of nitrogens with zero attached hydrogens (tertiary/aromatic N) is 5. The van der Waals surface area contributed by atoms with Crippen molar-refractivity contribution in [3.8, 4) is 0 Å². The number of thioether (sulfide) groups is 1. The third kappa shape index (κ3) is 6.57. The Balaban J connectivity index is 1.21. The maximum Gasteiger partial charge on any atom is 0.243 e. The first-order valence-corrected chi connectivity index (χ1v) is 19.6. The number of carbonyl (C=O) groups excluding carboxylic acids is 1. The molecular formula is C40H38N6O3S2. The second-order valence-corrected chi connectivity index (χ2v) is 16.6. The molecule has 1 aliphatic carbocycles. The van der Waals surface area contributed by atoms with Gasteiger partial charge in [-0.15, -0.1) is 16.9 Å². The van der Waals surface area contributed by atoms with Crippen molar-refractivity contribution in [2.24, 2.45) is 0 Å². The molecule has 6 aromatic rings. The van der Waals surface area contributed by atoms with Crippen LogP contribution in [0.2, 0.25) is 0 Å². The predicted octanol–water partition coefficient (Wildman–Crippen LogP) is 6.44. The quantitative estimate of drug-likeness (QED) is 0.145. The maximum absolute atomic E-state index is 14.8. The summed E-state index contributed by atoms with van der Waals surface area (Å²) in [4.78, 5) is 16.8. The van der Waals surface area contributed by atoms with Crippen molar-refractivity contribution >= 4 is 38.5 Å². The van der Waals surface area contributed by atoms with Crippen LogP contribution in [-0.4, -0.2) is 74.6 Å². The number of sulfonamides is 1. The molecule has 0 radical (unpaired) electrons. The van der Waals surface area contributed by atoms with E-state index in [2.05, 4.69) is 57.0 Å². The Morgan fingerprint density at radius 1 is 0.804 bits per heavy atom. The smallest absolute Gasteiger partial charge is 0.243 e. The van der Waals surface area contributed by atoms with Crippen LogP contribution < -0.4 is 0 Å². The number of hydrogen-bond donors (Lipinski definition) is 1. The highest BCUT2D eigenvalue weighted by Crippen LogP contribution is 2.52. The molecule has 1 N–H and O–H groups in total. The Bertz CT molecular complexity index is 2120. The Morgan fingerprint density at radius 3 is 1.96 bits per heavy atom. The molecule has 1 aliphatic heterocycles. The van der Waals surface area contributed by atoms with Gasteiger partial charge in [0.1, 0.15) is 11.9 Å². The molecule has 0 spiro atoms. The van der Waals surface area contributed by atoms with Crippen LogP contribution in [0.5, 0.6) is 0 Å². The number of nitrogens with one attached hydrogen (secondary N) is 1. The number of H-pyrrole nitrogens is 1. The average molecular weight is 715 g/mol. The number of aromatic nitrogens is 4. The summed E-state index contributed by atoms with van der Waals surface area (Å²) in [6, 6.07) is 43.3. The molecule has 1 saturated heterocycles. The van der Waals surface area contributed by atoms with Gasteiger partial charge in [-0.2, -0.15) is 4.31 Å². The number of rotatable bonds is 12. The summed E-state index contributed by atoms with van der Waals surface area (Å²) < 4.78 is 30.4. The van der Waals surface area contributed by atoms with Crippen molar-refractivity contribution < 1.29 is 13.2 Å². The highest BCUT2D eigenvalue weighted by Gasteiger charge is 2.50. The first-order valence-electron chi connectivity index (χ1n) is 17.3. The van der Waals surface area contributed by atoms with Gasteiger partial charge in [0.05, 0.1) is 9.64 Å². The Morgan fingerprint density at radius 2 is 1.39 bits per heavy atom. The molecule has 2 heterocycles. The first-order chi connectivity index (χ1) is 24.9. The normalized spacial score (nSPS) is 18.2. The predicted molar refractivity (Wildman–Crippen MR) is 199 cm³/mol. The lowest BCUT2D eigenvalue weighted by Gasteiger charge is -2.37. The van der Waals surface area contributed by atoms with Crippen molar-refractivity contribution in [1.29, 1.82) is 0 Å². The third-order valence-corrected chi connectivity index (χ3v) is 13.6. The summed E-state index contributed by atoms with van der Waals surface area (Å²) in [6.07, 6.45) is 2.61. The van der Waals surface area contributed by atoms with Gasteiger partial charge in [-0.1, -0.05) is 121 Å². The van der Waals surface area contributed by atoms with Crippen LogP contribution in [0, 0.1) is 0 Å². The molecule has 258 valence electrons. The summed E-state index contributed by atoms with van der Waals surface area (Å²) >= 11 is 1.74. The third-order valence-electron chi connectivity index (χ3n) is 9.96. The number of carbonyl (C=O) groups is 1. The standard InChI is InChI=1S/C40H38N6O3S2/c47-39(45(34-21-22-34)25-24-38-41-43-44-42-38)37-27-35(28-46(37)51(48,49)36-23-20-29-12-10-11-13-30(29)26-36)50-40(31-14-4-1-5-15-31,32-16-6-2-7-17-32)33-18-8-3-9-19-33/h1-20,23,26,34-35,37H,21-22,24-25,27-28H2,(H,41,42,43,44)/t35-,37+/m1/s1. The van der Waals surface area contributed by atoms with E-state index in [1.54, 1.807) is 23.9 Å². The van der Waals surface area contributed by atoms with Gasteiger partial charge in [-0.3, -0.25) is 4.79 Å². The zero-order chi connectivity index (χ0) is 34.8. The number of benzene rings is 5. The van der Waals surface area contributed by atoms with E-state index in [9.17, 15) is 13.2 Å². The molecule has 0 unspecified atom stereocenters. The molecule has 0 bridgehead atoms. The lowest BCUT2D eigenvalue weighted by molar-refractivity contribution is -0.135. The fraction of sp³-hybridized carbons (Fsp3) is 0.250. The molecule has 2 fully saturated rings. The van der Waals surface area contributed by atoms with E-state index < -0.39 is 20.8 Å². The number of aromatic amines is 1. The molecule has 51 heavy (non-hydrogen) atoms. The van der Waals surface area contributed by atoms with E-state index in [1.807, 2.05) is 89.8 Å². The minimum atomic E-state index is -4.07. The van der Waals surface area contributed by atoms with Crippen LogP contribution in [0.4, 0.5) is 0 Å². The SMILES string of the molecule is O=C([C@@H]1C[C@@H](SC(c2ccccc2)(c2ccccc2)c2ccccc2)CN1S(=O)(=O)c1ccc2ccccc2c1)N(CCc1nnn[nH]1)C1CC1. The number of amides is 1. The highest BCUT2D eigenvalue weighted by molar-refractivity contribution is 8.01. The monoisotopic (exact) mass is 714 g/mol. The molecule has 1 aromatic heterocycles. The van der Waals surface area contributed by atoms with Crippen LogP contribution in [0.1, 0.15) is 41.8 Å². The lowest BCUT2D eigenvalue weighted by atomic mass is 9.84. The molecule has 1 amide bonds. The Labute approximate surface area is 302 Å². The van der Waals surface area contributed by atoms with Crippen molar-refractivity contribution in [2.75, 3.05) is 13.1 Å². The average Bonchev–Trinajstić information content (AvgIpc) is 3.69. The summed E-state index contributed by atoms with van der Waals surface area (Å²) in [5.41, 5.74) is 3.27. The van der Waals surface area contributed by atoms with E-state index in [0.717, 1.165) is 40.3 Å². The van der Waals surface area contributed by atoms with Crippen LogP contribution in [-0.2, 0) is 26.0 Å². The summed E-state index contributed by atoms with van der Waals surface area (Å²) in [6.45, 7) is 0.593. The van der Waals surface area contributed by atoms with Gasteiger partial charge in [0.25, 0.3) is 0 Å². The molecular weight excluding hydrogens is 677 g/mol. The first kappa shape index (κ1) is 33.3. The Hall–Kier alpha value is -4.84. The summed E-state index contributed by atoms with van der Waals surface area (Å²) in [5.74, 6) is 0.425. The van der Waals surface area contributed by atoms with Crippen LogP contribution in [0.3, 0.4) is 0 Å². The molecule has 1 saturated carbocycles. The summed E-state index contributed by atoms with van der Waals surface area (Å²) in [7, 11) is -4.07. The molecule has 8 rings (SSSR count). The zero-order valence-corrected chi connectivity index (χ0v) is 29.6. The van der Waals surface area contributed by atoms with E-state index in [0.29, 0.717) is 25.2 Å². The second-order valence-electron chi connectivity index (χ2n) is 13.2. The van der Waals surface area contributed by atoms with E-state index >= 15 is 0 Å². The van der Waals surface area contributed by atoms with E-state index in [-0.39, 0.29) is 28.6 Å². The van der Waals surface area contributed by atoms with Crippen LogP contribution in [0.25, 0.3) is 10.8 Å². The Kier molecular flexibility index (Phi) is 9.18. The van der Waals surface area contributed by atoms with Crippen LogP contribution >= 0.6 is 11.8 Å². The molecule has 9 nitrogen and oxygen atoms in total. The van der Waals surface area contributed by atoms with Crippen LogP contribution in [0.15, 0.2) is 138 Å². The second kappa shape index (κ2) is 14.1.